The maximum absolute atomic E-state index is 13.1. The molecule has 3 rings (SSSR count). The van der Waals surface area contributed by atoms with E-state index in [-0.39, 0.29) is 16.7 Å². The van der Waals surface area contributed by atoms with Gasteiger partial charge in [0.2, 0.25) is 0 Å². The fourth-order valence-electron chi connectivity index (χ4n) is 3.31. The Balaban J connectivity index is 1.84. The standard InChI is InChI=1S/C22H20F3NO4/c1-11-7-12(2)20(13(3)8-11)26-21(28)14(4)29-15-5-6-16-17(22(23,24)25)10-19(27)30-18(16)9-15/h5-10,14H,1-4H3,(H,26,28). The van der Waals surface area contributed by atoms with E-state index in [4.69, 9.17) is 9.15 Å². The van der Waals surface area contributed by atoms with Crippen LogP contribution >= 0.6 is 0 Å². The van der Waals surface area contributed by atoms with Crippen LogP contribution in [0.5, 0.6) is 5.75 Å². The fourth-order valence-corrected chi connectivity index (χ4v) is 3.31. The number of alkyl halides is 3. The third-order valence-corrected chi connectivity index (χ3v) is 4.63. The number of halogens is 3. The zero-order valence-electron chi connectivity index (χ0n) is 16.8. The van der Waals surface area contributed by atoms with Crippen LogP contribution in [0, 0.1) is 20.8 Å². The highest BCUT2D eigenvalue weighted by Crippen LogP contribution is 2.35. The van der Waals surface area contributed by atoms with E-state index in [1.54, 1.807) is 0 Å². The molecular weight excluding hydrogens is 399 g/mol. The first-order chi connectivity index (χ1) is 14.0. The number of rotatable bonds is 4. The van der Waals surface area contributed by atoms with Gasteiger partial charge in [-0.3, -0.25) is 4.79 Å². The van der Waals surface area contributed by atoms with Crippen molar-refractivity contribution in [1.29, 1.82) is 0 Å². The predicted molar refractivity (Wildman–Crippen MR) is 107 cm³/mol. The van der Waals surface area contributed by atoms with Crippen molar-refractivity contribution >= 4 is 22.6 Å². The minimum absolute atomic E-state index is 0.102. The Hall–Kier alpha value is -3.29. The summed E-state index contributed by atoms with van der Waals surface area (Å²) >= 11 is 0. The molecule has 8 heteroatoms. The van der Waals surface area contributed by atoms with E-state index in [1.165, 1.54) is 13.0 Å². The number of hydrogen-bond donors (Lipinski definition) is 1. The van der Waals surface area contributed by atoms with Gasteiger partial charge in [0, 0.05) is 23.2 Å². The Labute approximate surface area is 170 Å². The van der Waals surface area contributed by atoms with E-state index in [9.17, 15) is 22.8 Å². The van der Waals surface area contributed by atoms with Crippen LogP contribution in [0.1, 0.15) is 29.2 Å². The van der Waals surface area contributed by atoms with E-state index in [0.717, 1.165) is 28.8 Å². The van der Waals surface area contributed by atoms with E-state index in [0.29, 0.717) is 11.8 Å². The van der Waals surface area contributed by atoms with Gasteiger partial charge in [0.05, 0.1) is 5.56 Å². The van der Waals surface area contributed by atoms with Crippen molar-refractivity contribution < 1.29 is 27.1 Å². The Morgan fingerprint density at radius 1 is 1.07 bits per heavy atom. The first-order valence-corrected chi connectivity index (χ1v) is 9.16. The smallest absolute Gasteiger partial charge is 0.417 e. The van der Waals surface area contributed by atoms with Gasteiger partial charge in [-0.1, -0.05) is 17.7 Å². The summed E-state index contributed by atoms with van der Waals surface area (Å²) < 4.78 is 49.9. The predicted octanol–water partition coefficient (Wildman–Crippen LogP) is 5.14. The number of hydrogen-bond acceptors (Lipinski definition) is 4. The van der Waals surface area contributed by atoms with Crippen molar-refractivity contribution in [3.05, 3.63) is 69.1 Å². The molecule has 3 aromatic rings. The van der Waals surface area contributed by atoms with Crippen molar-refractivity contribution in [2.75, 3.05) is 5.32 Å². The summed E-state index contributed by atoms with van der Waals surface area (Å²) in [4.78, 5) is 24.1. The van der Waals surface area contributed by atoms with Gasteiger partial charge in [-0.15, -0.1) is 0 Å². The number of ether oxygens (including phenoxy) is 1. The minimum atomic E-state index is -4.70. The summed E-state index contributed by atoms with van der Waals surface area (Å²) in [6.07, 6.45) is -5.65. The highest BCUT2D eigenvalue weighted by Gasteiger charge is 2.34. The number of anilines is 1. The van der Waals surface area contributed by atoms with Gasteiger partial charge in [-0.2, -0.15) is 13.2 Å². The molecule has 0 aliphatic rings. The lowest BCUT2D eigenvalue weighted by Crippen LogP contribution is -2.30. The Kier molecular flexibility index (Phi) is 5.61. The number of benzene rings is 2. The van der Waals surface area contributed by atoms with Crippen molar-refractivity contribution in [1.82, 2.24) is 0 Å². The second-order valence-electron chi connectivity index (χ2n) is 7.16. The van der Waals surface area contributed by atoms with Crippen molar-refractivity contribution in [2.24, 2.45) is 0 Å². The zero-order chi connectivity index (χ0) is 22.2. The summed E-state index contributed by atoms with van der Waals surface area (Å²) in [6.45, 7) is 7.23. The van der Waals surface area contributed by atoms with Crippen LogP contribution in [-0.4, -0.2) is 12.0 Å². The van der Waals surface area contributed by atoms with Crippen molar-refractivity contribution in [2.45, 2.75) is 40.0 Å². The second kappa shape index (κ2) is 7.85. The number of fused-ring (bicyclic) bond motifs is 1. The molecule has 2 aromatic carbocycles. The number of nitrogens with one attached hydrogen (secondary N) is 1. The van der Waals surface area contributed by atoms with E-state index in [2.05, 4.69) is 5.32 Å². The van der Waals surface area contributed by atoms with Crippen LogP contribution in [0.25, 0.3) is 11.0 Å². The molecule has 0 spiro atoms. The molecule has 0 aliphatic carbocycles. The fraction of sp³-hybridized carbons (Fsp3) is 0.273. The van der Waals surface area contributed by atoms with Gasteiger partial charge >= 0.3 is 11.8 Å². The van der Waals surface area contributed by atoms with E-state index < -0.39 is 29.4 Å². The quantitative estimate of drug-likeness (QED) is 0.595. The van der Waals surface area contributed by atoms with E-state index >= 15 is 0 Å². The molecule has 1 heterocycles. The third-order valence-electron chi connectivity index (χ3n) is 4.63. The highest BCUT2D eigenvalue weighted by molar-refractivity contribution is 5.95. The SMILES string of the molecule is Cc1cc(C)c(NC(=O)C(C)Oc2ccc3c(C(F)(F)F)cc(=O)oc3c2)c(C)c1. The van der Waals surface area contributed by atoms with E-state index in [1.807, 2.05) is 32.9 Å². The van der Waals surface area contributed by atoms with Gasteiger partial charge in [0.25, 0.3) is 5.91 Å². The van der Waals surface area contributed by atoms with Crippen molar-refractivity contribution in [3.8, 4) is 5.75 Å². The molecule has 1 N–H and O–H groups in total. The molecule has 1 atom stereocenters. The summed E-state index contributed by atoms with van der Waals surface area (Å²) in [5, 5.41) is 2.55. The summed E-state index contributed by atoms with van der Waals surface area (Å²) in [5.74, 6) is -0.319. The molecule has 5 nitrogen and oxygen atoms in total. The van der Waals surface area contributed by atoms with Crippen LogP contribution < -0.4 is 15.7 Å². The minimum Gasteiger partial charge on any atom is -0.481 e. The molecule has 0 fully saturated rings. The van der Waals surface area contributed by atoms with Gasteiger partial charge in [0.1, 0.15) is 11.3 Å². The van der Waals surface area contributed by atoms with Crippen LogP contribution in [-0.2, 0) is 11.0 Å². The van der Waals surface area contributed by atoms with Gasteiger partial charge < -0.3 is 14.5 Å². The first-order valence-electron chi connectivity index (χ1n) is 9.16. The highest BCUT2D eigenvalue weighted by atomic mass is 19.4. The Morgan fingerprint density at radius 3 is 2.30 bits per heavy atom. The molecule has 1 aromatic heterocycles. The third kappa shape index (κ3) is 4.48. The maximum Gasteiger partial charge on any atom is 0.417 e. The van der Waals surface area contributed by atoms with Gasteiger partial charge in [-0.25, -0.2) is 4.79 Å². The second-order valence-corrected chi connectivity index (χ2v) is 7.16. The molecule has 1 unspecified atom stereocenters. The molecule has 30 heavy (non-hydrogen) atoms. The molecule has 0 radical (unpaired) electrons. The summed E-state index contributed by atoms with van der Waals surface area (Å²) in [6, 6.07) is 7.90. The summed E-state index contributed by atoms with van der Waals surface area (Å²) in [7, 11) is 0. The molecule has 0 bridgehead atoms. The molecule has 0 aliphatic heterocycles. The number of amides is 1. The number of carbonyl (C=O) groups is 1. The average molecular weight is 419 g/mol. The van der Waals surface area contributed by atoms with Gasteiger partial charge in [0.15, 0.2) is 6.10 Å². The lowest BCUT2D eigenvalue weighted by atomic mass is 10.0. The van der Waals surface area contributed by atoms with Crippen LogP contribution in [0.15, 0.2) is 45.6 Å². The summed E-state index contributed by atoms with van der Waals surface area (Å²) in [5.41, 5.74) is 1.08. The van der Waals surface area contributed by atoms with Crippen LogP contribution in [0.4, 0.5) is 18.9 Å². The number of carbonyl (C=O) groups excluding carboxylic acids is 1. The van der Waals surface area contributed by atoms with Crippen molar-refractivity contribution in [3.63, 3.8) is 0 Å². The first kappa shape index (κ1) is 21.4. The van der Waals surface area contributed by atoms with Crippen LogP contribution in [0.2, 0.25) is 0 Å². The Bertz CT molecular complexity index is 1160. The molecule has 0 saturated heterocycles. The largest absolute Gasteiger partial charge is 0.481 e. The molecule has 158 valence electrons. The number of aryl methyl sites for hydroxylation is 3. The monoisotopic (exact) mass is 419 g/mol. The average Bonchev–Trinajstić information content (AvgIpc) is 2.62. The lowest BCUT2D eigenvalue weighted by Gasteiger charge is -2.18. The maximum atomic E-state index is 13.1. The van der Waals surface area contributed by atoms with Crippen LogP contribution in [0.3, 0.4) is 0 Å². The lowest BCUT2D eigenvalue weighted by molar-refractivity contribution is -0.136. The molecular formula is C22H20F3NO4. The normalized spacial score (nSPS) is 12.6. The molecule has 0 saturated carbocycles. The molecule has 1 amide bonds. The Morgan fingerprint density at radius 2 is 1.70 bits per heavy atom. The van der Waals surface area contributed by atoms with Gasteiger partial charge in [-0.05, 0) is 51.0 Å². The topological polar surface area (TPSA) is 68.5 Å². The zero-order valence-corrected chi connectivity index (χ0v) is 16.8.